The molecule has 0 radical (unpaired) electrons. The molecule has 0 saturated carbocycles. The summed E-state index contributed by atoms with van der Waals surface area (Å²) in [5.74, 6) is -0.652. The third-order valence-electron chi connectivity index (χ3n) is 1.93. The van der Waals surface area contributed by atoms with Crippen LogP contribution in [0, 0.1) is 12.7 Å². The van der Waals surface area contributed by atoms with Crippen LogP contribution in [0.1, 0.15) is 24.0 Å². The first-order valence-corrected chi connectivity index (χ1v) is 3.87. The molecule has 0 aliphatic rings. The minimum atomic E-state index is -0.355. The molecule has 12 heavy (non-hydrogen) atoms. The van der Waals surface area contributed by atoms with Gasteiger partial charge in [0.05, 0.1) is 0 Å². The van der Waals surface area contributed by atoms with E-state index in [0.717, 1.165) is 11.8 Å². The van der Waals surface area contributed by atoms with Crippen LogP contribution in [0.2, 0.25) is 0 Å². The van der Waals surface area contributed by atoms with Gasteiger partial charge in [-0.15, -0.1) is 0 Å². The summed E-state index contributed by atoms with van der Waals surface area (Å²) in [5, 5.41) is 0. The van der Waals surface area contributed by atoms with Gasteiger partial charge in [-0.2, -0.15) is 0 Å². The van der Waals surface area contributed by atoms with Gasteiger partial charge in [-0.3, -0.25) is 0 Å². The molecular weight excluding hydrogens is 155 g/mol. The molecule has 0 aromatic heterocycles. The van der Waals surface area contributed by atoms with Gasteiger partial charge in [0, 0.05) is 11.5 Å². The second-order valence-corrected chi connectivity index (χ2v) is 2.90. The molecule has 1 nitrogen and oxygen atoms in total. The molecule has 0 aliphatic heterocycles. The Morgan fingerprint density at radius 1 is 1.50 bits per heavy atom. The number of hydrogen-bond donors (Lipinski definition) is 0. The summed E-state index contributed by atoms with van der Waals surface area (Å²) in [7, 11) is 0. The lowest BCUT2D eigenvalue weighted by atomic mass is 9.97. The summed E-state index contributed by atoms with van der Waals surface area (Å²) in [6.45, 7) is 3.50. The number of hydrogen-bond acceptors (Lipinski definition) is 1. The molecule has 64 valence electrons. The van der Waals surface area contributed by atoms with E-state index in [-0.39, 0.29) is 11.7 Å². The van der Waals surface area contributed by atoms with Crippen molar-refractivity contribution in [2.24, 2.45) is 0 Å². The van der Waals surface area contributed by atoms with E-state index in [1.807, 2.05) is 0 Å². The molecule has 0 bridgehead atoms. The van der Waals surface area contributed by atoms with Crippen molar-refractivity contribution in [1.29, 1.82) is 0 Å². The SMILES string of the molecule is Cc1cccc(F)c1C(C)C=O. The summed E-state index contributed by atoms with van der Waals surface area (Å²) < 4.78 is 13.1. The molecule has 0 heterocycles. The fraction of sp³-hybridized carbons (Fsp3) is 0.300. The Labute approximate surface area is 71.2 Å². The highest BCUT2D eigenvalue weighted by Crippen LogP contribution is 2.20. The minimum absolute atomic E-state index is 0.297. The van der Waals surface area contributed by atoms with Crippen molar-refractivity contribution >= 4 is 6.29 Å². The Morgan fingerprint density at radius 3 is 2.67 bits per heavy atom. The quantitative estimate of drug-likeness (QED) is 0.617. The van der Waals surface area contributed by atoms with Crippen LogP contribution in [0.15, 0.2) is 18.2 Å². The van der Waals surface area contributed by atoms with Crippen LogP contribution in [0.3, 0.4) is 0 Å². The van der Waals surface area contributed by atoms with Crippen LogP contribution in [0.4, 0.5) is 4.39 Å². The minimum Gasteiger partial charge on any atom is -0.303 e. The first kappa shape index (κ1) is 8.91. The number of carbonyl (C=O) groups is 1. The fourth-order valence-electron chi connectivity index (χ4n) is 1.29. The van der Waals surface area contributed by atoms with Gasteiger partial charge in [-0.25, -0.2) is 4.39 Å². The van der Waals surface area contributed by atoms with E-state index in [2.05, 4.69) is 0 Å². The zero-order valence-electron chi connectivity index (χ0n) is 7.17. The molecular formula is C10H11FO. The first-order chi connectivity index (χ1) is 5.66. The van der Waals surface area contributed by atoms with Gasteiger partial charge < -0.3 is 4.79 Å². The average Bonchev–Trinajstić information content (AvgIpc) is 2.03. The number of rotatable bonds is 2. The molecule has 2 heteroatoms. The van der Waals surface area contributed by atoms with Crippen LogP contribution in [-0.4, -0.2) is 6.29 Å². The summed E-state index contributed by atoms with van der Waals surface area (Å²) in [4.78, 5) is 10.4. The van der Waals surface area contributed by atoms with E-state index in [1.165, 1.54) is 6.07 Å². The van der Waals surface area contributed by atoms with Gasteiger partial charge in [0.2, 0.25) is 0 Å². The normalized spacial score (nSPS) is 12.6. The van der Waals surface area contributed by atoms with Crippen molar-refractivity contribution < 1.29 is 9.18 Å². The maximum atomic E-state index is 13.1. The Kier molecular flexibility index (Phi) is 2.58. The second-order valence-electron chi connectivity index (χ2n) is 2.90. The van der Waals surface area contributed by atoms with E-state index in [0.29, 0.717) is 5.56 Å². The molecule has 0 saturated heterocycles. The lowest BCUT2D eigenvalue weighted by Crippen LogP contribution is -2.00. The first-order valence-electron chi connectivity index (χ1n) is 3.87. The van der Waals surface area contributed by atoms with Crippen molar-refractivity contribution in [3.63, 3.8) is 0 Å². The molecule has 0 N–H and O–H groups in total. The van der Waals surface area contributed by atoms with Crippen molar-refractivity contribution in [1.82, 2.24) is 0 Å². The van der Waals surface area contributed by atoms with E-state index in [4.69, 9.17) is 0 Å². The topological polar surface area (TPSA) is 17.1 Å². The predicted molar refractivity (Wildman–Crippen MR) is 45.6 cm³/mol. The van der Waals surface area contributed by atoms with Gasteiger partial charge in [0.25, 0.3) is 0 Å². The Balaban J connectivity index is 3.20. The Hall–Kier alpha value is -1.18. The maximum Gasteiger partial charge on any atom is 0.127 e. The largest absolute Gasteiger partial charge is 0.303 e. The molecule has 1 aromatic rings. The van der Waals surface area contributed by atoms with Crippen LogP contribution in [-0.2, 0) is 4.79 Å². The second kappa shape index (κ2) is 3.48. The fourth-order valence-corrected chi connectivity index (χ4v) is 1.29. The Morgan fingerprint density at radius 2 is 2.17 bits per heavy atom. The number of aryl methyl sites for hydroxylation is 1. The van der Waals surface area contributed by atoms with Crippen molar-refractivity contribution in [2.45, 2.75) is 19.8 Å². The molecule has 0 amide bonds. The van der Waals surface area contributed by atoms with Crippen molar-refractivity contribution in [3.05, 3.63) is 35.1 Å². The average molecular weight is 166 g/mol. The third-order valence-corrected chi connectivity index (χ3v) is 1.93. The molecule has 1 atom stereocenters. The highest BCUT2D eigenvalue weighted by atomic mass is 19.1. The van der Waals surface area contributed by atoms with Crippen LogP contribution in [0.25, 0.3) is 0 Å². The van der Waals surface area contributed by atoms with Crippen molar-refractivity contribution in [2.75, 3.05) is 0 Å². The molecule has 1 rings (SSSR count). The zero-order valence-corrected chi connectivity index (χ0v) is 7.17. The predicted octanol–water partition coefficient (Wildman–Crippen LogP) is 2.44. The van der Waals surface area contributed by atoms with Gasteiger partial charge in [0.15, 0.2) is 0 Å². The van der Waals surface area contributed by atoms with E-state index >= 15 is 0 Å². The van der Waals surface area contributed by atoms with Crippen LogP contribution < -0.4 is 0 Å². The highest BCUT2D eigenvalue weighted by molar-refractivity contribution is 5.62. The van der Waals surface area contributed by atoms with Crippen LogP contribution in [0.5, 0.6) is 0 Å². The smallest absolute Gasteiger partial charge is 0.127 e. The van der Waals surface area contributed by atoms with Gasteiger partial charge >= 0.3 is 0 Å². The van der Waals surface area contributed by atoms with Gasteiger partial charge in [-0.05, 0) is 18.6 Å². The zero-order chi connectivity index (χ0) is 9.14. The number of benzene rings is 1. The number of halogens is 1. The molecule has 0 spiro atoms. The molecule has 1 aromatic carbocycles. The maximum absolute atomic E-state index is 13.1. The van der Waals surface area contributed by atoms with Gasteiger partial charge in [-0.1, -0.05) is 19.1 Å². The summed E-state index contributed by atoms with van der Waals surface area (Å²) in [6, 6.07) is 4.83. The monoisotopic (exact) mass is 166 g/mol. The van der Waals surface area contributed by atoms with E-state index in [9.17, 15) is 9.18 Å². The van der Waals surface area contributed by atoms with Gasteiger partial charge in [0.1, 0.15) is 12.1 Å². The lowest BCUT2D eigenvalue weighted by Gasteiger charge is -2.08. The van der Waals surface area contributed by atoms with E-state index < -0.39 is 0 Å². The molecule has 0 aliphatic carbocycles. The molecule has 1 unspecified atom stereocenters. The highest BCUT2D eigenvalue weighted by Gasteiger charge is 2.11. The summed E-state index contributed by atoms with van der Waals surface area (Å²) >= 11 is 0. The molecule has 0 fully saturated rings. The summed E-state index contributed by atoms with van der Waals surface area (Å²) in [6.07, 6.45) is 0.755. The Bertz CT molecular complexity index is 274. The van der Waals surface area contributed by atoms with Crippen molar-refractivity contribution in [3.8, 4) is 0 Å². The number of aldehydes is 1. The summed E-state index contributed by atoms with van der Waals surface area (Å²) in [5.41, 5.74) is 1.34. The van der Waals surface area contributed by atoms with Crippen LogP contribution >= 0.6 is 0 Å². The third kappa shape index (κ3) is 1.52. The van der Waals surface area contributed by atoms with E-state index in [1.54, 1.807) is 26.0 Å². The standard InChI is InChI=1S/C10H11FO/c1-7-4-3-5-9(11)10(7)8(2)6-12/h3-6,8H,1-2H3. The number of carbonyl (C=O) groups excluding carboxylic acids is 1. The lowest BCUT2D eigenvalue weighted by molar-refractivity contribution is -0.108.